The van der Waals surface area contributed by atoms with Crippen molar-refractivity contribution in [3.05, 3.63) is 41.4 Å². The molecule has 30 heavy (non-hydrogen) atoms. The van der Waals surface area contributed by atoms with Crippen molar-refractivity contribution in [2.24, 2.45) is 0 Å². The van der Waals surface area contributed by atoms with E-state index in [1.165, 1.54) is 11.0 Å². The molecule has 2 fully saturated rings. The van der Waals surface area contributed by atoms with E-state index >= 15 is 0 Å². The van der Waals surface area contributed by atoms with Gasteiger partial charge in [0.05, 0.1) is 4.90 Å². The monoisotopic (exact) mass is 449 g/mol. The van der Waals surface area contributed by atoms with E-state index in [1.54, 1.807) is 42.2 Å². The summed E-state index contributed by atoms with van der Waals surface area (Å²) in [5.41, 5.74) is 0. The molecule has 2 saturated heterocycles. The number of nitrogens with zero attached hydrogens (tertiary/aromatic N) is 2. The molecule has 0 bridgehead atoms. The molecular weight excluding hydrogens is 426 g/mol. The molecule has 2 aliphatic rings. The molecule has 160 valence electrons. The zero-order chi connectivity index (χ0) is 21.5. The molecule has 4 rings (SSSR count). The molecule has 2 amide bonds. The third-order valence-corrected chi connectivity index (χ3v) is 7.57. The number of hydrogen-bond donors (Lipinski definition) is 1. The summed E-state index contributed by atoms with van der Waals surface area (Å²) in [5, 5.41) is 2.15. The number of rotatable bonds is 5. The Kier molecular flexibility index (Phi) is 5.74. The van der Waals surface area contributed by atoms with Crippen LogP contribution >= 0.6 is 11.6 Å². The number of nitrogens with one attached hydrogen (secondary N) is 1. The van der Waals surface area contributed by atoms with Crippen molar-refractivity contribution in [2.75, 3.05) is 19.6 Å². The third kappa shape index (κ3) is 4.04. The number of benzene rings is 2. The molecule has 2 heterocycles. The fourth-order valence-electron chi connectivity index (χ4n) is 4.15. The fourth-order valence-corrected chi connectivity index (χ4v) is 5.59. The molecule has 0 aliphatic carbocycles. The third-order valence-electron chi connectivity index (χ3n) is 5.86. The van der Waals surface area contributed by atoms with Crippen molar-refractivity contribution in [1.82, 2.24) is 14.5 Å². The van der Waals surface area contributed by atoms with Crippen LogP contribution in [-0.4, -0.2) is 61.7 Å². The summed E-state index contributed by atoms with van der Waals surface area (Å²) < 4.78 is 28.3. The zero-order valence-corrected chi connectivity index (χ0v) is 18.2. The second kappa shape index (κ2) is 8.17. The van der Waals surface area contributed by atoms with Crippen molar-refractivity contribution in [1.29, 1.82) is 0 Å². The first-order valence-electron chi connectivity index (χ1n) is 10.1. The number of sulfonamides is 1. The average Bonchev–Trinajstić information content (AvgIpc) is 3.37. The standard InChI is InChI=1S/C21H24ClN3O4S/c1-14(20(26)24-9-2-3-10-24)25-11-8-19(21(25)27)23-30(28,29)18-7-5-15-12-17(22)6-4-16(15)13-18/h4-7,12-14,19,23H,2-3,8-11H2,1H3/t14-,19+/m0/s1. The Hall–Kier alpha value is -2.16. The Labute approximate surface area is 181 Å². The second-order valence-electron chi connectivity index (χ2n) is 7.86. The van der Waals surface area contributed by atoms with Gasteiger partial charge >= 0.3 is 0 Å². The van der Waals surface area contributed by atoms with Crippen LogP contribution in [0.1, 0.15) is 26.2 Å². The van der Waals surface area contributed by atoms with Gasteiger partial charge < -0.3 is 9.80 Å². The summed E-state index contributed by atoms with van der Waals surface area (Å²) in [7, 11) is -3.89. The summed E-state index contributed by atoms with van der Waals surface area (Å²) in [5.74, 6) is -0.427. The average molecular weight is 450 g/mol. The molecule has 1 N–H and O–H groups in total. The minimum absolute atomic E-state index is 0.0717. The predicted octanol–water partition coefficient (Wildman–Crippen LogP) is 2.38. The van der Waals surface area contributed by atoms with Crippen LogP contribution in [0.3, 0.4) is 0 Å². The number of carbonyl (C=O) groups excluding carboxylic acids is 2. The van der Waals surface area contributed by atoms with Crippen molar-refractivity contribution in [3.8, 4) is 0 Å². The van der Waals surface area contributed by atoms with E-state index in [0.717, 1.165) is 23.6 Å². The largest absolute Gasteiger partial charge is 0.341 e. The molecule has 0 unspecified atom stereocenters. The van der Waals surface area contributed by atoms with Gasteiger partial charge in [0, 0.05) is 24.7 Å². The summed E-state index contributed by atoms with van der Waals surface area (Å²) in [6, 6.07) is 8.51. The lowest BCUT2D eigenvalue weighted by atomic mass is 10.1. The molecule has 0 aromatic heterocycles. The van der Waals surface area contributed by atoms with Crippen LogP contribution in [0.2, 0.25) is 5.02 Å². The molecular formula is C21H24ClN3O4S. The highest BCUT2D eigenvalue weighted by atomic mass is 35.5. The molecule has 2 atom stereocenters. The van der Waals surface area contributed by atoms with Gasteiger partial charge in [0.2, 0.25) is 21.8 Å². The first-order valence-corrected chi connectivity index (χ1v) is 11.9. The maximum atomic E-state index is 12.9. The quantitative estimate of drug-likeness (QED) is 0.759. The van der Waals surface area contributed by atoms with Gasteiger partial charge in [0.15, 0.2) is 0 Å². The summed E-state index contributed by atoms with van der Waals surface area (Å²) in [6.45, 7) is 3.50. The van der Waals surface area contributed by atoms with E-state index in [-0.39, 0.29) is 16.7 Å². The lowest BCUT2D eigenvalue weighted by Crippen LogP contribution is -2.49. The predicted molar refractivity (Wildman–Crippen MR) is 115 cm³/mol. The Balaban J connectivity index is 1.48. The molecule has 2 aliphatic heterocycles. The smallest absolute Gasteiger partial charge is 0.245 e. The van der Waals surface area contributed by atoms with Gasteiger partial charge in [-0.1, -0.05) is 23.7 Å². The highest BCUT2D eigenvalue weighted by molar-refractivity contribution is 7.89. The van der Waals surface area contributed by atoms with Gasteiger partial charge in [-0.2, -0.15) is 4.72 Å². The molecule has 2 aromatic rings. The SMILES string of the molecule is C[C@@H](C(=O)N1CCCC1)N1CC[C@@H](NS(=O)(=O)c2ccc3cc(Cl)ccc3c2)C1=O. The van der Waals surface area contributed by atoms with Gasteiger partial charge in [0.1, 0.15) is 12.1 Å². The first kappa shape index (κ1) is 21.1. The van der Waals surface area contributed by atoms with E-state index in [4.69, 9.17) is 11.6 Å². The first-order chi connectivity index (χ1) is 14.3. The molecule has 7 nitrogen and oxygen atoms in total. The molecule has 2 aromatic carbocycles. The van der Waals surface area contributed by atoms with Crippen molar-refractivity contribution >= 4 is 44.2 Å². The van der Waals surface area contributed by atoms with Gasteiger partial charge in [0.25, 0.3) is 0 Å². The van der Waals surface area contributed by atoms with Gasteiger partial charge in [-0.05, 0) is 61.2 Å². The minimum atomic E-state index is -3.89. The highest BCUT2D eigenvalue weighted by Crippen LogP contribution is 2.24. The molecule has 9 heteroatoms. The fraction of sp³-hybridized carbons (Fsp3) is 0.429. The van der Waals surface area contributed by atoms with Crippen molar-refractivity contribution in [3.63, 3.8) is 0 Å². The molecule has 0 radical (unpaired) electrons. The number of likely N-dealkylation sites (tertiary alicyclic amines) is 2. The Morgan fingerprint density at radius 1 is 1.10 bits per heavy atom. The topological polar surface area (TPSA) is 86.8 Å². The Morgan fingerprint density at radius 3 is 2.50 bits per heavy atom. The minimum Gasteiger partial charge on any atom is -0.341 e. The van der Waals surface area contributed by atoms with Crippen molar-refractivity contribution < 1.29 is 18.0 Å². The summed E-state index contributed by atoms with van der Waals surface area (Å²) in [4.78, 5) is 28.8. The van der Waals surface area contributed by atoms with Gasteiger partial charge in [-0.3, -0.25) is 9.59 Å². The number of carbonyl (C=O) groups is 2. The maximum Gasteiger partial charge on any atom is 0.245 e. The number of halogens is 1. The van der Waals surface area contributed by atoms with E-state index in [2.05, 4.69) is 4.72 Å². The lowest BCUT2D eigenvalue weighted by molar-refractivity contribution is -0.142. The van der Waals surface area contributed by atoms with E-state index < -0.39 is 22.1 Å². The van der Waals surface area contributed by atoms with E-state index in [1.807, 2.05) is 0 Å². The van der Waals surface area contributed by atoms with Crippen LogP contribution in [0.25, 0.3) is 10.8 Å². The van der Waals surface area contributed by atoms with E-state index in [9.17, 15) is 18.0 Å². The summed E-state index contributed by atoms with van der Waals surface area (Å²) in [6.07, 6.45) is 2.29. The zero-order valence-electron chi connectivity index (χ0n) is 16.7. The van der Waals surface area contributed by atoms with Crippen LogP contribution in [0, 0.1) is 0 Å². The Morgan fingerprint density at radius 2 is 1.77 bits per heavy atom. The van der Waals surface area contributed by atoms with Crippen LogP contribution < -0.4 is 4.72 Å². The van der Waals surface area contributed by atoms with Crippen LogP contribution in [-0.2, 0) is 19.6 Å². The number of hydrogen-bond acceptors (Lipinski definition) is 4. The van der Waals surface area contributed by atoms with Gasteiger partial charge in [-0.25, -0.2) is 8.42 Å². The second-order valence-corrected chi connectivity index (χ2v) is 10.0. The maximum absolute atomic E-state index is 12.9. The van der Waals surface area contributed by atoms with Crippen LogP contribution in [0.15, 0.2) is 41.3 Å². The molecule has 0 saturated carbocycles. The van der Waals surface area contributed by atoms with E-state index in [0.29, 0.717) is 31.1 Å². The van der Waals surface area contributed by atoms with Crippen LogP contribution in [0.4, 0.5) is 0 Å². The van der Waals surface area contributed by atoms with Gasteiger partial charge in [-0.15, -0.1) is 0 Å². The normalized spacial score (nSPS) is 20.9. The van der Waals surface area contributed by atoms with Crippen LogP contribution in [0.5, 0.6) is 0 Å². The molecule has 0 spiro atoms. The highest BCUT2D eigenvalue weighted by Gasteiger charge is 2.40. The Bertz CT molecular complexity index is 1100. The lowest BCUT2D eigenvalue weighted by Gasteiger charge is -2.28. The van der Waals surface area contributed by atoms with Crippen molar-refractivity contribution in [2.45, 2.75) is 43.2 Å². The summed E-state index contributed by atoms with van der Waals surface area (Å²) >= 11 is 5.98. The number of amides is 2. The number of fused-ring (bicyclic) bond motifs is 1.